The zero-order valence-electron chi connectivity index (χ0n) is 11.6. The minimum Gasteiger partial charge on any atom is -0.304 e. The molecule has 0 aromatic heterocycles. The minimum absolute atomic E-state index is 0.0469. The van der Waals surface area contributed by atoms with Gasteiger partial charge in [0.2, 0.25) is 0 Å². The van der Waals surface area contributed by atoms with Gasteiger partial charge in [-0.1, -0.05) is 11.6 Å². The second-order valence-electron chi connectivity index (χ2n) is 5.19. The van der Waals surface area contributed by atoms with Gasteiger partial charge in [-0.05, 0) is 25.2 Å². The molecule has 0 atom stereocenters. The van der Waals surface area contributed by atoms with E-state index in [2.05, 4.69) is 4.90 Å². The zero-order chi connectivity index (χ0) is 15.6. The second kappa shape index (κ2) is 6.34. The van der Waals surface area contributed by atoms with Crippen LogP contribution in [-0.2, 0) is 6.18 Å². The quantitative estimate of drug-likeness (QED) is 0.800. The summed E-state index contributed by atoms with van der Waals surface area (Å²) >= 11 is 5.55. The van der Waals surface area contributed by atoms with Crippen molar-refractivity contribution in [2.24, 2.45) is 0 Å². The maximum atomic E-state index is 12.8. The van der Waals surface area contributed by atoms with E-state index in [4.69, 9.17) is 11.6 Å². The summed E-state index contributed by atoms with van der Waals surface area (Å²) in [5, 5.41) is -0.390. The first-order valence-corrected chi connectivity index (χ1v) is 6.96. The van der Waals surface area contributed by atoms with E-state index in [-0.39, 0.29) is 17.9 Å². The average molecular weight is 321 g/mol. The topological polar surface area (TPSA) is 23.6 Å². The lowest BCUT2D eigenvalue weighted by molar-refractivity contribution is -0.137. The Hall–Kier alpha value is -1.11. The molecule has 116 valence electrons. The lowest BCUT2D eigenvalue weighted by Gasteiger charge is -2.31. The van der Waals surface area contributed by atoms with Crippen LogP contribution in [-0.4, -0.2) is 55.4 Å². The van der Waals surface area contributed by atoms with Crippen molar-refractivity contribution in [2.75, 3.05) is 39.8 Å². The lowest BCUT2D eigenvalue weighted by Crippen LogP contribution is -2.46. The minimum atomic E-state index is -4.55. The van der Waals surface area contributed by atoms with Crippen LogP contribution in [0.5, 0.6) is 0 Å². The molecule has 0 amide bonds. The van der Waals surface area contributed by atoms with Gasteiger partial charge in [-0.2, -0.15) is 13.2 Å². The summed E-state index contributed by atoms with van der Waals surface area (Å²) < 4.78 is 38.3. The molecule has 0 spiro atoms. The van der Waals surface area contributed by atoms with Crippen LogP contribution < -0.4 is 0 Å². The van der Waals surface area contributed by atoms with Crippen molar-refractivity contribution in [1.29, 1.82) is 0 Å². The van der Waals surface area contributed by atoms with Crippen molar-refractivity contribution >= 4 is 17.4 Å². The molecule has 0 saturated carbocycles. The number of halogens is 4. The molecule has 1 aromatic carbocycles. The van der Waals surface area contributed by atoms with Crippen molar-refractivity contribution in [2.45, 2.75) is 6.18 Å². The van der Waals surface area contributed by atoms with Gasteiger partial charge in [0.25, 0.3) is 0 Å². The number of hydrogen-bond donors (Lipinski definition) is 0. The predicted octanol–water partition coefficient (Wildman–Crippen LogP) is 2.79. The molecule has 2 rings (SSSR count). The van der Waals surface area contributed by atoms with Crippen LogP contribution >= 0.6 is 11.6 Å². The SMILES string of the molecule is CN1CCN(CC(=O)c2ccc(Cl)c(C(F)(F)F)c2)CC1. The summed E-state index contributed by atoms with van der Waals surface area (Å²) in [7, 11) is 1.99. The summed E-state index contributed by atoms with van der Waals surface area (Å²) in [6.07, 6.45) is -4.55. The van der Waals surface area contributed by atoms with Crippen molar-refractivity contribution in [3.63, 3.8) is 0 Å². The molecule has 7 heteroatoms. The summed E-state index contributed by atoms with van der Waals surface area (Å²) in [6, 6.07) is 3.30. The summed E-state index contributed by atoms with van der Waals surface area (Å²) in [5.74, 6) is -0.318. The molecule has 0 aliphatic carbocycles. The lowest BCUT2D eigenvalue weighted by atomic mass is 10.1. The van der Waals surface area contributed by atoms with Gasteiger partial charge in [0.05, 0.1) is 17.1 Å². The molecule has 0 N–H and O–H groups in total. The number of likely N-dealkylation sites (N-methyl/N-ethyl adjacent to an activating group) is 1. The number of benzene rings is 1. The second-order valence-corrected chi connectivity index (χ2v) is 5.60. The van der Waals surface area contributed by atoms with Crippen LogP contribution in [0.3, 0.4) is 0 Å². The summed E-state index contributed by atoms with van der Waals surface area (Å²) in [4.78, 5) is 16.2. The van der Waals surface area contributed by atoms with E-state index in [9.17, 15) is 18.0 Å². The number of nitrogens with zero attached hydrogens (tertiary/aromatic N) is 2. The highest BCUT2D eigenvalue weighted by Gasteiger charge is 2.34. The Kier molecular flexibility index (Phi) is 4.91. The van der Waals surface area contributed by atoms with Crippen molar-refractivity contribution < 1.29 is 18.0 Å². The molecule has 1 saturated heterocycles. The van der Waals surface area contributed by atoms with Gasteiger partial charge < -0.3 is 4.90 Å². The van der Waals surface area contributed by atoms with Crippen LogP contribution in [0.15, 0.2) is 18.2 Å². The molecule has 3 nitrogen and oxygen atoms in total. The number of Topliss-reactive ketones (excluding diaryl/α,β-unsaturated/α-hetero) is 1. The Bertz CT molecular complexity index is 525. The largest absolute Gasteiger partial charge is 0.417 e. The zero-order valence-corrected chi connectivity index (χ0v) is 12.3. The number of rotatable bonds is 3. The van der Waals surface area contributed by atoms with E-state index in [1.54, 1.807) is 0 Å². The number of piperazine rings is 1. The van der Waals surface area contributed by atoms with E-state index < -0.39 is 16.8 Å². The number of hydrogen-bond acceptors (Lipinski definition) is 3. The standard InChI is InChI=1S/C14H16ClF3N2O/c1-19-4-6-20(7-5-19)9-13(21)10-2-3-12(15)11(8-10)14(16,17)18/h2-3,8H,4-7,9H2,1H3. The fraction of sp³-hybridized carbons (Fsp3) is 0.500. The van der Waals surface area contributed by atoms with E-state index in [1.165, 1.54) is 6.07 Å². The molecule has 21 heavy (non-hydrogen) atoms. The van der Waals surface area contributed by atoms with Crippen LogP contribution in [0.4, 0.5) is 13.2 Å². The fourth-order valence-corrected chi connectivity index (χ4v) is 2.44. The third-order valence-corrected chi connectivity index (χ3v) is 3.89. The Morgan fingerprint density at radius 1 is 1.24 bits per heavy atom. The van der Waals surface area contributed by atoms with Crippen molar-refractivity contribution in [3.8, 4) is 0 Å². The van der Waals surface area contributed by atoms with Crippen molar-refractivity contribution in [3.05, 3.63) is 34.3 Å². The van der Waals surface area contributed by atoms with E-state index in [0.29, 0.717) is 0 Å². The molecular formula is C14H16ClF3N2O. The van der Waals surface area contributed by atoms with Gasteiger partial charge in [-0.15, -0.1) is 0 Å². The Labute approximate surface area is 126 Å². The number of alkyl halides is 3. The molecule has 1 heterocycles. The third kappa shape index (κ3) is 4.18. The first kappa shape index (κ1) is 16.3. The molecule has 1 aliphatic heterocycles. The van der Waals surface area contributed by atoms with Gasteiger partial charge >= 0.3 is 6.18 Å². The summed E-state index contributed by atoms with van der Waals surface area (Å²) in [5.41, 5.74) is -0.918. The molecule has 1 fully saturated rings. The molecule has 1 aromatic rings. The number of ketones is 1. The normalized spacial score (nSPS) is 18.0. The molecule has 0 radical (unpaired) electrons. The molecule has 0 unspecified atom stereocenters. The first-order chi connectivity index (χ1) is 9.77. The van der Waals surface area contributed by atoms with Crippen LogP contribution in [0.1, 0.15) is 15.9 Å². The smallest absolute Gasteiger partial charge is 0.304 e. The Balaban J connectivity index is 2.09. The highest BCUT2D eigenvalue weighted by Crippen LogP contribution is 2.35. The monoisotopic (exact) mass is 320 g/mol. The molecule has 1 aliphatic rings. The maximum absolute atomic E-state index is 12.8. The molecule has 0 bridgehead atoms. The van der Waals surface area contributed by atoms with Gasteiger partial charge in [-0.25, -0.2) is 0 Å². The number of carbonyl (C=O) groups is 1. The van der Waals surface area contributed by atoms with Crippen LogP contribution in [0.25, 0.3) is 0 Å². The molecular weight excluding hydrogens is 305 g/mol. The van der Waals surface area contributed by atoms with Gasteiger partial charge in [0.1, 0.15) is 0 Å². The average Bonchev–Trinajstić information content (AvgIpc) is 2.40. The fourth-order valence-electron chi connectivity index (χ4n) is 2.22. The maximum Gasteiger partial charge on any atom is 0.417 e. The predicted molar refractivity (Wildman–Crippen MR) is 74.7 cm³/mol. The van der Waals surface area contributed by atoms with Gasteiger partial charge in [0, 0.05) is 31.7 Å². The number of carbonyl (C=O) groups excluding carboxylic acids is 1. The van der Waals surface area contributed by atoms with Gasteiger partial charge in [-0.3, -0.25) is 9.69 Å². The van der Waals surface area contributed by atoms with Crippen LogP contribution in [0.2, 0.25) is 5.02 Å². The third-order valence-electron chi connectivity index (χ3n) is 3.56. The van der Waals surface area contributed by atoms with Crippen molar-refractivity contribution in [1.82, 2.24) is 9.80 Å². The summed E-state index contributed by atoms with van der Waals surface area (Å²) in [6.45, 7) is 3.31. The Morgan fingerprint density at radius 2 is 1.86 bits per heavy atom. The first-order valence-electron chi connectivity index (χ1n) is 6.58. The van der Waals surface area contributed by atoms with Crippen LogP contribution in [0, 0.1) is 0 Å². The highest BCUT2D eigenvalue weighted by molar-refractivity contribution is 6.31. The van der Waals surface area contributed by atoms with E-state index in [0.717, 1.165) is 38.3 Å². The van der Waals surface area contributed by atoms with E-state index >= 15 is 0 Å². The van der Waals surface area contributed by atoms with Gasteiger partial charge in [0.15, 0.2) is 5.78 Å². The Morgan fingerprint density at radius 3 is 2.43 bits per heavy atom. The van der Waals surface area contributed by atoms with E-state index in [1.807, 2.05) is 11.9 Å². The highest BCUT2D eigenvalue weighted by atomic mass is 35.5.